The molecule has 0 radical (unpaired) electrons. The third kappa shape index (κ3) is 6.72. The average molecular weight is 611 g/mol. The van der Waals surface area contributed by atoms with Gasteiger partial charge in [0.05, 0.1) is 17.2 Å². The van der Waals surface area contributed by atoms with E-state index in [0.717, 1.165) is 6.07 Å². The van der Waals surface area contributed by atoms with Gasteiger partial charge < -0.3 is 14.8 Å². The van der Waals surface area contributed by atoms with E-state index in [4.69, 9.17) is 32.7 Å². The van der Waals surface area contributed by atoms with Crippen molar-refractivity contribution in [3.05, 3.63) is 92.1 Å². The lowest BCUT2D eigenvalue weighted by Crippen LogP contribution is -2.36. The van der Waals surface area contributed by atoms with Crippen molar-refractivity contribution >= 4 is 63.8 Å². The van der Waals surface area contributed by atoms with Crippen molar-refractivity contribution in [2.45, 2.75) is 13.5 Å². The third-order valence-electron chi connectivity index (χ3n) is 5.45. The molecule has 0 saturated carbocycles. The lowest BCUT2D eigenvalue weighted by atomic mass is 10.1. The second kappa shape index (κ2) is 12.7. The lowest BCUT2D eigenvalue weighted by molar-refractivity contribution is -0.127. The van der Waals surface area contributed by atoms with Crippen LogP contribution in [0.4, 0.5) is 23.7 Å². The van der Waals surface area contributed by atoms with Crippen LogP contribution in [0.1, 0.15) is 18.1 Å². The molecule has 0 aromatic heterocycles. The van der Waals surface area contributed by atoms with Crippen molar-refractivity contribution in [3.63, 3.8) is 0 Å². The quantitative estimate of drug-likeness (QED) is 0.206. The van der Waals surface area contributed by atoms with Crippen molar-refractivity contribution in [3.8, 4) is 11.5 Å². The molecule has 1 N–H and O–H groups in total. The molecule has 40 heavy (non-hydrogen) atoms. The summed E-state index contributed by atoms with van der Waals surface area (Å²) in [5, 5.41) is 2.23. The van der Waals surface area contributed by atoms with Gasteiger partial charge in [-0.1, -0.05) is 35.3 Å². The van der Waals surface area contributed by atoms with Gasteiger partial charge in [0.1, 0.15) is 13.2 Å². The third-order valence-corrected chi connectivity index (χ3v) is 6.94. The van der Waals surface area contributed by atoms with Crippen LogP contribution in [-0.2, 0) is 16.2 Å². The minimum atomic E-state index is -1.76. The lowest BCUT2D eigenvalue weighted by Gasteiger charge is -2.14. The molecule has 7 nitrogen and oxygen atoms in total. The standard InChI is InChI=1S/C27H19Cl2F3N2O5S/c1-2-38-21-9-14(3-8-20(21)39-13-15-4-5-16(28)11-17(15)29)10-22-26(36)34(27(37)40-22)12-23(35)33-19-7-6-18(30)24(31)25(19)32/h3-11H,2,12-13H2,1H3,(H,33,35)/b22-10+. The zero-order valence-corrected chi connectivity index (χ0v) is 22.9. The second-order valence-corrected chi connectivity index (χ2v) is 10.0. The van der Waals surface area contributed by atoms with E-state index < -0.39 is 46.7 Å². The number of hydrogen-bond donors (Lipinski definition) is 1. The Hall–Kier alpha value is -3.67. The van der Waals surface area contributed by atoms with Crippen LogP contribution in [0.15, 0.2) is 53.4 Å². The molecule has 3 amide bonds. The van der Waals surface area contributed by atoms with E-state index in [1.165, 1.54) is 6.08 Å². The summed E-state index contributed by atoms with van der Waals surface area (Å²) in [6.45, 7) is 1.50. The van der Waals surface area contributed by atoms with Gasteiger partial charge >= 0.3 is 0 Å². The van der Waals surface area contributed by atoms with Gasteiger partial charge in [0.25, 0.3) is 11.1 Å². The summed E-state index contributed by atoms with van der Waals surface area (Å²) in [5.41, 5.74) is 0.595. The molecule has 4 rings (SSSR count). The number of anilines is 1. The SMILES string of the molecule is CCOc1cc(/C=C2/SC(=O)N(CC(=O)Nc3ccc(F)c(F)c3F)C2=O)ccc1OCc1ccc(Cl)cc1Cl. The maximum absolute atomic E-state index is 13.9. The normalized spacial score (nSPS) is 14.2. The molecule has 0 atom stereocenters. The van der Waals surface area contributed by atoms with E-state index in [0.29, 0.717) is 62.0 Å². The van der Waals surface area contributed by atoms with Crippen molar-refractivity contribution < 1.29 is 37.0 Å². The van der Waals surface area contributed by atoms with Crippen LogP contribution < -0.4 is 14.8 Å². The Morgan fingerprint density at radius 1 is 1.00 bits per heavy atom. The van der Waals surface area contributed by atoms with Gasteiger partial charge in [0, 0.05) is 15.6 Å². The van der Waals surface area contributed by atoms with Gasteiger partial charge in [-0.05, 0) is 66.7 Å². The van der Waals surface area contributed by atoms with E-state index in [9.17, 15) is 27.6 Å². The predicted octanol–water partition coefficient (Wildman–Crippen LogP) is 7.06. The molecule has 0 spiro atoms. The summed E-state index contributed by atoms with van der Waals surface area (Å²) in [7, 11) is 0. The Morgan fingerprint density at radius 3 is 2.50 bits per heavy atom. The summed E-state index contributed by atoms with van der Waals surface area (Å²) >= 11 is 12.7. The zero-order chi connectivity index (χ0) is 29.0. The van der Waals surface area contributed by atoms with Gasteiger partial charge in [0.2, 0.25) is 5.91 Å². The van der Waals surface area contributed by atoms with Crippen LogP contribution in [-0.4, -0.2) is 35.1 Å². The molecule has 1 fully saturated rings. The number of thioether (sulfide) groups is 1. The molecule has 13 heteroatoms. The van der Waals surface area contributed by atoms with Gasteiger partial charge in [-0.15, -0.1) is 0 Å². The fourth-order valence-electron chi connectivity index (χ4n) is 3.54. The maximum Gasteiger partial charge on any atom is 0.294 e. The molecule has 0 unspecified atom stereocenters. The number of benzene rings is 3. The molecule has 3 aromatic carbocycles. The van der Waals surface area contributed by atoms with E-state index in [1.807, 2.05) is 5.32 Å². The second-order valence-electron chi connectivity index (χ2n) is 8.20. The average Bonchev–Trinajstić information content (AvgIpc) is 3.16. The number of nitrogens with one attached hydrogen (secondary N) is 1. The first-order valence-electron chi connectivity index (χ1n) is 11.6. The van der Waals surface area contributed by atoms with Crippen molar-refractivity contribution in [2.75, 3.05) is 18.5 Å². The maximum atomic E-state index is 13.9. The minimum absolute atomic E-state index is 0.0286. The number of hydrogen-bond acceptors (Lipinski definition) is 6. The summed E-state index contributed by atoms with van der Waals surface area (Å²) in [5.74, 6) is -5.72. The predicted molar refractivity (Wildman–Crippen MR) is 146 cm³/mol. The molecule has 1 aliphatic heterocycles. The smallest absolute Gasteiger partial charge is 0.294 e. The van der Waals surface area contributed by atoms with E-state index in [2.05, 4.69) is 0 Å². The molecule has 208 valence electrons. The number of carbonyl (C=O) groups is 3. The van der Waals surface area contributed by atoms with Crippen LogP contribution in [0, 0.1) is 17.5 Å². The molecule has 1 aliphatic rings. The number of halogens is 5. The highest BCUT2D eigenvalue weighted by molar-refractivity contribution is 8.18. The molecular weight excluding hydrogens is 592 g/mol. The van der Waals surface area contributed by atoms with Crippen LogP contribution in [0.2, 0.25) is 10.0 Å². The van der Waals surface area contributed by atoms with Crippen LogP contribution in [0.5, 0.6) is 11.5 Å². The summed E-state index contributed by atoms with van der Waals surface area (Å²) in [6.07, 6.45) is 1.44. The van der Waals surface area contributed by atoms with Gasteiger partial charge in [0.15, 0.2) is 29.0 Å². The fraction of sp³-hybridized carbons (Fsp3) is 0.148. The summed E-state index contributed by atoms with van der Waals surface area (Å²) < 4.78 is 51.9. The highest BCUT2D eigenvalue weighted by atomic mass is 35.5. The Kier molecular flexibility index (Phi) is 9.28. The first kappa shape index (κ1) is 29.3. The van der Waals surface area contributed by atoms with Crippen LogP contribution in [0.25, 0.3) is 6.08 Å². The Labute approximate surface area is 240 Å². The molecule has 1 heterocycles. The van der Waals surface area contributed by atoms with Gasteiger partial charge in [-0.2, -0.15) is 0 Å². The first-order valence-corrected chi connectivity index (χ1v) is 13.2. The van der Waals surface area contributed by atoms with Gasteiger partial charge in [-0.3, -0.25) is 19.3 Å². The Morgan fingerprint density at radius 2 is 1.77 bits per heavy atom. The molecular formula is C27H19Cl2F3N2O5S. The highest BCUT2D eigenvalue weighted by Gasteiger charge is 2.36. The van der Waals surface area contributed by atoms with E-state index >= 15 is 0 Å². The highest BCUT2D eigenvalue weighted by Crippen LogP contribution is 2.35. The fourth-order valence-corrected chi connectivity index (χ4v) is 4.84. The number of imide groups is 1. The number of rotatable bonds is 9. The number of carbonyl (C=O) groups excluding carboxylic acids is 3. The van der Waals surface area contributed by atoms with Gasteiger partial charge in [-0.25, -0.2) is 13.2 Å². The molecule has 1 saturated heterocycles. The van der Waals surface area contributed by atoms with Crippen molar-refractivity contribution in [2.24, 2.45) is 0 Å². The topological polar surface area (TPSA) is 84.9 Å². The summed E-state index contributed by atoms with van der Waals surface area (Å²) in [6, 6.07) is 11.4. The van der Waals surface area contributed by atoms with Crippen LogP contribution in [0.3, 0.4) is 0 Å². The summed E-state index contributed by atoms with van der Waals surface area (Å²) in [4.78, 5) is 38.3. The Balaban J connectivity index is 1.46. The first-order chi connectivity index (χ1) is 19.1. The number of nitrogens with zero attached hydrogens (tertiary/aromatic N) is 1. The molecule has 3 aromatic rings. The van der Waals surface area contributed by atoms with Crippen molar-refractivity contribution in [1.29, 1.82) is 0 Å². The van der Waals surface area contributed by atoms with E-state index in [1.54, 1.807) is 43.3 Å². The molecule has 0 bridgehead atoms. The monoisotopic (exact) mass is 610 g/mol. The minimum Gasteiger partial charge on any atom is -0.490 e. The Bertz CT molecular complexity index is 1540. The van der Waals surface area contributed by atoms with Crippen molar-refractivity contribution in [1.82, 2.24) is 4.90 Å². The molecule has 0 aliphatic carbocycles. The largest absolute Gasteiger partial charge is 0.490 e. The number of ether oxygens (including phenoxy) is 2. The van der Waals surface area contributed by atoms with E-state index in [-0.39, 0.29) is 11.5 Å². The zero-order valence-electron chi connectivity index (χ0n) is 20.6. The number of amides is 3. The van der Waals surface area contributed by atoms with Crippen LogP contribution >= 0.6 is 35.0 Å².